The van der Waals surface area contributed by atoms with Gasteiger partial charge in [0.2, 0.25) is 0 Å². The summed E-state index contributed by atoms with van der Waals surface area (Å²) in [5.74, 6) is 1.21. The van der Waals surface area contributed by atoms with Gasteiger partial charge in [-0.2, -0.15) is 0 Å². The normalized spacial score (nSPS) is 10.7. The van der Waals surface area contributed by atoms with Gasteiger partial charge in [-0.3, -0.25) is 4.79 Å². The second-order valence-electron chi connectivity index (χ2n) is 6.68. The lowest BCUT2D eigenvalue weighted by molar-refractivity contribution is 0.0780. The van der Waals surface area contributed by atoms with Gasteiger partial charge < -0.3 is 14.2 Å². The molecule has 0 atom stereocenters. The van der Waals surface area contributed by atoms with Crippen molar-refractivity contribution in [2.24, 2.45) is 0 Å². The van der Waals surface area contributed by atoms with Gasteiger partial charge in [-0.25, -0.2) is 0 Å². The van der Waals surface area contributed by atoms with E-state index in [1.807, 2.05) is 63.2 Å². The first-order valence-corrected chi connectivity index (χ1v) is 8.91. The third-order valence-electron chi connectivity index (χ3n) is 4.69. The minimum absolute atomic E-state index is 0.0763. The van der Waals surface area contributed by atoms with Crippen LogP contribution in [0.15, 0.2) is 53.1 Å². The smallest absolute Gasteiger partial charge is 0.257 e. The lowest BCUT2D eigenvalue weighted by Gasteiger charge is -2.20. The highest BCUT2D eigenvalue weighted by Crippen LogP contribution is 2.23. The molecule has 27 heavy (non-hydrogen) atoms. The van der Waals surface area contributed by atoms with E-state index < -0.39 is 0 Å². The Kier molecular flexibility index (Phi) is 5.60. The molecule has 0 saturated heterocycles. The van der Waals surface area contributed by atoms with Gasteiger partial charge in [-0.05, 0) is 44.0 Å². The number of rotatable bonds is 6. The first-order chi connectivity index (χ1) is 13.0. The zero-order chi connectivity index (χ0) is 19.4. The average molecular weight is 364 g/mol. The van der Waals surface area contributed by atoms with Crippen molar-refractivity contribution in [2.75, 3.05) is 7.05 Å². The minimum atomic E-state index is -0.0763. The fourth-order valence-corrected chi connectivity index (χ4v) is 2.95. The van der Waals surface area contributed by atoms with E-state index in [4.69, 9.17) is 9.26 Å². The van der Waals surface area contributed by atoms with Gasteiger partial charge in [0.15, 0.2) is 0 Å². The summed E-state index contributed by atoms with van der Waals surface area (Å²) in [5.41, 5.74) is 4.54. The van der Waals surface area contributed by atoms with Crippen LogP contribution in [0.25, 0.3) is 0 Å². The number of para-hydroxylation sites is 1. The summed E-state index contributed by atoms with van der Waals surface area (Å²) in [5, 5.41) is 3.94. The van der Waals surface area contributed by atoms with Crippen LogP contribution in [-0.2, 0) is 13.2 Å². The first kappa shape index (κ1) is 18.7. The fraction of sp³-hybridized carbons (Fsp3) is 0.273. The van der Waals surface area contributed by atoms with E-state index in [0.29, 0.717) is 24.5 Å². The third kappa shape index (κ3) is 4.19. The molecule has 0 saturated carbocycles. The molecule has 0 N–H and O–H groups in total. The minimum Gasteiger partial charge on any atom is -0.488 e. The van der Waals surface area contributed by atoms with E-state index >= 15 is 0 Å². The molecule has 1 heterocycles. The van der Waals surface area contributed by atoms with Crippen molar-refractivity contribution in [3.8, 4) is 5.75 Å². The molecule has 140 valence electrons. The van der Waals surface area contributed by atoms with Crippen LogP contribution in [0, 0.1) is 20.8 Å². The number of aromatic nitrogens is 1. The second kappa shape index (κ2) is 8.08. The van der Waals surface area contributed by atoms with E-state index in [9.17, 15) is 4.79 Å². The number of carbonyl (C=O) groups excluding carboxylic acids is 1. The van der Waals surface area contributed by atoms with Gasteiger partial charge in [0.05, 0.1) is 16.8 Å². The van der Waals surface area contributed by atoms with Crippen molar-refractivity contribution >= 4 is 5.91 Å². The van der Waals surface area contributed by atoms with Crippen LogP contribution in [0.1, 0.15) is 38.5 Å². The number of benzene rings is 2. The Bertz CT molecular complexity index is 927. The number of carbonyl (C=O) groups is 1. The van der Waals surface area contributed by atoms with Gasteiger partial charge in [0.25, 0.3) is 5.91 Å². The van der Waals surface area contributed by atoms with Gasteiger partial charge >= 0.3 is 0 Å². The van der Waals surface area contributed by atoms with Crippen molar-refractivity contribution in [2.45, 2.75) is 33.9 Å². The second-order valence-corrected chi connectivity index (χ2v) is 6.68. The lowest BCUT2D eigenvalue weighted by Crippen LogP contribution is -2.27. The predicted octanol–water partition coefficient (Wildman–Crippen LogP) is 4.45. The van der Waals surface area contributed by atoms with Crippen molar-refractivity contribution in [1.29, 1.82) is 0 Å². The molecular formula is C22H24N2O3. The third-order valence-corrected chi connectivity index (χ3v) is 4.69. The number of ether oxygens (including phenoxy) is 1. The van der Waals surface area contributed by atoms with Crippen LogP contribution < -0.4 is 4.74 Å². The molecule has 2 aromatic carbocycles. The van der Waals surface area contributed by atoms with Gasteiger partial charge in [0, 0.05) is 13.6 Å². The van der Waals surface area contributed by atoms with E-state index in [1.54, 1.807) is 18.0 Å². The summed E-state index contributed by atoms with van der Waals surface area (Å²) in [7, 11) is 1.81. The average Bonchev–Trinajstić information content (AvgIpc) is 2.99. The summed E-state index contributed by atoms with van der Waals surface area (Å²) in [6.45, 7) is 6.64. The Morgan fingerprint density at radius 1 is 1.07 bits per heavy atom. The quantitative estimate of drug-likeness (QED) is 0.648. The zero-order valence-electron chi connectivity index (χ0n) is 16.2. The van der Waals surface area contributed by atoms with E-state index in [0.717, 1.165) is 22.6 Å². The largest absolute Gasteiger partial charge is 0.488 e. The van der Waals surface area contributed by atoms with Crippen molar-refractivity contribution in [3.05, 3.63) is 82.2 Å². The summed E-state index contributed by atoms with van der Waals surface area (Å²) in [6, 6.07) is 15.4. The number of nitrogens with zero attached hydrogens (tertiary/aromatic N) is 2. The molecule has 0 aliphatic heterocycles. The molecular weight excluding hydrogens is 340 g/mol. The molecule has 0 spiro atoms. The maximum absolute atomic E-state index is 13.0. The number of hydrogen-bond acceptors (Lipinski definition) is 4. The van der Waals surface area contributed by atoms with Crippen LogP contribution in [0.2, 0.25) is 0 Å². The Morgan fingerprint density at radius 3 is 2.48 bits per heavy atom. The summed E-state index contributed by atoms with van der Waals surface area (Å²) < 4.78 is 11.1. The van der Waals surface area contributed by atoms with E-state index in [2.05, 4.69) is 5.16 Å². The highest BCUT2D eigenvalue weighted by molar-refractivity contribution is 5.96. The van der Waals surface area contributed by atoms with Crippen molar-refractivity contribution in [3.63, 3.8) is 0 Å². The van der Waals surface area contributed by atoms with Crippen LogP contribution in [0.5, 0.6) is 5.75 Å². The van der Waals surface area contributed by atoms with Gasteiger partial charge in [-0.1, -0.05) is 41.6 Å². The maximum Gasteiger partial charge on any atom is 0.257 e. The summed E-state index contributed by atoms with van der Waals surface area (Å²) >= 11 is 0. The van der Waals surface area contributed by atoms with E-state index in [1.165, 1.54) is 5.56 Å². The van der Waals surface area contributed by atoms with Crippen LogP contribution in [0.3, 0.4) is 0 Å². The number of hydrogen-bond donors (Lipinski definition) is 0. The highest BCUT2D eigenvalue weighted by Gasteiger charge is 2.18. The van der Waals surface area contributed by atoms with Crippen LogP contribution in [0.4, 0.5) is 0 Å². The standard InChI is InChI=1S/C22H24N2O3/c1-15-9-5-6-10-18(15)13-24(4)22(25)19-11-7-8-12-21(19)26-14-20-16(2)23-27-17(20)3/h5-12H,13-14H2,1-4H3. The predicted molar refractivity (Wildman–Crippen MR) is 104 cm³/mol. The summed E-state index contributed by atoms with van der Waals surface area (Å²) in [6.07, 6.45) is 0. The molecule has 3 rings (SSSR count). The Balaban J connectivity index is 1.76. The zero-order valence-corrected chi connectivity index (χ0v) is 16.2. The van der Waals surface area contributed by atoms with Crippen molar-refractivity contribution in [1.82, 2.24) is 10.1 Å². The Hall–Kier alpha value is -3.08. The molecule has 5 nitrogen and oxygen atoms in total. The SMILES string of the molecule is Cc1ccccc1CN(C)C(=O)c1ccccc1OCc1c(C)noc1C. The highest BCUT2D eigenvalue weighted by atomic mass is 16.5. The van der Waals surface area contributed by atoms with Crippen LogP contribution >= 0.6 is 0 Å². The molecule has 1 amide bonds. The Labute approximate surface area is 159 Å². The fourth-order valence-electron chi connectivity index (χ4n) is 2.95. The monoisotopic (exact) mass is 364 g/mol. The number of amides is 1. The summed E-state index contributed by atoms with van der Waals surface area (Å²) in [4.78, 5) is 14.7. The van der Waals surface area contributed by atoms with E-state index in [-0.39, 0.29) is 5.91 Å². The first-order valence-electron chi connectivity index (χ1n) is 8.91. The van der Waals surface area contributed by atoms with Gasteiger partial charge in [0.1, 0.15) is 18.1 Å². The molecule has 5 heteroatoms. The molecule has 0 aliphatic carbocycles. The Morgan fingerprint density at radius 2 is 1.78 bits per heavy atom. The molecule has 0 fully saturated rings. The topological polar surface area (TPSA) is 55.6 Å². The van der Waals surface area contributed by atoms with Crippen molar-refractivity contribution < 1.29 is 14.1 Å². The lowest BCUT2D eigenvalue weighted by atomic mass is 10.1. The molecule has 3 aromatic rings. The molecule has 1 aromatic heterocycles. The molecule has 0 bridgehead atoms. The molecule has 0 aliphatic rings. The molecule has 0 radical (unpaired) electrons. The number of aryl methyl sites for hydroxylation is 3. The molecule has 0 unspecified atom stereocenters. The maximum atomic E-state index is 13.0. The van der Waals surface area contributed by atoms with Gasteiger partial charge in [-0.15, -0.1) is 0 Å². The van der Waals surface area contributed by atoms with Crippen LogP contribution in [-0.4, -0.2) is 23.0 Å².